The number of sulfonamides is 1. The van der Waals surface area contributed by atoms with Crippen molar-refractivity contribution >= 4 is 38.3 Å². The van der Waals surface area contributed by atoms with Gasteiger partial charge in [-0.2, -0.15) is 4.31 Å². The highest BCUT2D eigenvalue weighted by Crippen LogP contribution is 2.27. The zero-order chi connectivity index (χ0) is 25.0. The number of likely N-dealkylation sites (N-methyl/N-ethyl adjacent to an activating group) is 1. The lowest BCUT2D eigenvalue weighted by Gasteiger charge is -2.32. The van der Waals surface area contributed by atoms with E-state index < -0.39 is 10.0 Å². The topological polar surface area (TPSA) is 86.8 Å². The number of hydrogen-bond donors (Lipinski definition) is 1. The van der Waals surface area contributed by atoms with Crippen molar-refractivity contribution in [1.29, 1.82) is 0 Å². The van der Waals surface area contributed by atoms with Crippen LogP contribution in [-0.2, 0) is 19.6 Å². The first-order valence-electron chi connectivity index (χ1n) is 11.4. The summed E-state index contributed by atoms with van der Waals surface area (Å²) in [6.07, 6.45) is 6.20. The first kappa shape index (κ1) is 24.5. The second kappa shape index (κ2) is 10.3. The lowest BCUT2D eigenvalue weighted by Crippen LogP contribution is -2.45. The third kappa shape index (κ3) is 5.53. The van der Waals surface area contributed by atoms with Gasteiger partial charge in [0.2, 0.25) is 21.8 Å². The molecule has 1 N–H and O–H groups in total. The number of nitrogens with one attached hydrogen (secondary N) is 1. The minimum absolute atomic E-state index is 0.102. The Morgan fingerprint density at radius 3 is 2.46 bits per heavy atom. The average Bonchev–Trinajstić information content (AvgIpc) is 2.88. The number of benzene rings is 3. The third-order valence-corrected chi connectivity index (χ3v) is 8.13. The maximum atomic E-state index is 13.2. The van der Waals surface area contributed by atoms with Gasteiger partial charge >= 0.3 is 0 Å². The summed E-state index contributed by atoms with van der Waals surface area (Å²) in [4.78, 5) is 27.0. The Labute approximate surface area is 205 Å². The number of anilines is 1. The van der Waals surface area contributed by atoms with E-state index in [-0.39, 0.29) is 42.3 Å². The van der Waals surface area contributed by atoms with Gasteiger partial charge in [-0.15, -0.1) is 6.42 Å². The summed E-state index contributed by atoms with van der Waals surface area (Å²) in [6.45, 7) is 0.406. The van der Waals surface area contributed by atoms with Crippen LogP contribution in [0.2, 0.25) is 0 Å². The van der Waals surface area contributed by atoms with Crippen LogP contribution < -0.4 is 5.32 Å². The van der Waals surface area contributed by atoms with Crippen molar-refractivity contribution < 1.29 is 18.0 Å². The molecular weight excluding hydrogens is 462 g/mol. The Kier molecular flexibility index (Phi) is 7.20. The van der Waals surface area contributed by atoms with Gasteiger partial charge in [-0.25, -0.2) is 8.42 Å². The van der Waals surface area contributed by atoms with Gasteiger partial charge in [-0.3, -0.25) is 9.59 Å². The number of amides is 2. The standard InChI is InChI=1S/C27H27N3O4S/c1-3-20-7-6-10-24(17-20)28-26(31)19-29(2)27(32)22-13-15-30(16-14-22)35(33,34)25-12-11-21-8-4-5-9-23(21)18-25/h1,4-12,17-18,22H,13-16,19H2,2H3,(H,28,31). The minimum atomic E-state index is -3.65. The van der Waals surface area contributed by atoms with Gasteiger partial charge in [0.15, 0.2) is 0 Å². The van der Waals surface area contributed by atoms with Crippen LogP contribution in [0.1, 0.15) is 18.4 Å². The van der Waals surface area contributed by atoms with Gasteiger partial charge in [-0.1, -0.05) is 42.3 Å². The molecule has 0 unspecified atom stereocenters. The fourth-order valence-electron chi connectivity index (χ4n) is 4.31. The second-order valence-electron chi connectivity index (χ2n) is 8.65. The lowest BCUT2D eigenvalue weighted by atomic mass is 9.96. The summed E-state index contributed by atoms with van der Waals surface area (Å²) in [7, 11) is -2.07. The highest BCUT2D eigenvalue weighted by Gasteiger charge is 2.33. The monoisotopic (exact) mass is 489 g/mol. The van der Waals surface area contributed by atoms with Crippen molar-refractivity contribution in [2.75, 3.05) is 32.0 Å². The number of hydrogen-bond acceptors (Lipinski definition) is 4. The highest BCUT2D eigenvalue weighted by atomic mass is 32.2. The van der Waals surface area contributed by atoms with Gasteiger partial charge in [0.25, 0.3) is 0 Å². The van der Waals surface area contributed by atoms with E-state index >= 15 is 0 Å². The molecule has 1 aliphatic heterocycles. The number of piperidine rings is 1. The van der Waals surface area contributed by atoms with Crippen molar-refractivity contribution in [2.24, 2.45) is 5.92 Å². The van der Waals surface area contributed by atoms with E-state index in [2.05, 4.69) is 11.2 Å². The van der Waals surface area contributed by atoms with Crippen LogP contribution in [0.3, 0.4) is 0 Å². The molecule has 1 aliphatic rings. The molecule has 4 rings (SSSR count). The molecule has 2 amide bonds. The lowest BCUT2D eigenvalue weighted by molar-refractivity contribution is -0.138. The van der Waals surface area contributed by atoms with Crippen LogP contribution in [0.25, 0.3) is 10.8 Å². The van der Waals surface area contributed by atoms with Crippen LogP contribution in [0.5, 0.6) is 0 Å². The zero-order valence-electron chi connectivity index (χ0n) is 19.5. The van der Waals surface area contributed by atoms with Crippen molar-refractivity contribution in [3.8, 4) is 12.3 Å². The largest absolute Gasteiger partial charge is 0.336 e. The number of carbonyl (C=O) groups is 2. The van der Waals surface area contributed by atoms with Crippen molar-refractivity contribution in [3.63, 3.8) is 0 Å². The van der Waals surface area contributed by atoms with E-state index in [0.29, 0.717) is 24.1 Å². The fourth-order valence-corrected chi connectivity index (χ4v) is 5.82. The molecule has 3 aromatic carbocycles. The molecule has 3 aromatic rings. The van der Waals surface area contributed by atoms with E-state index in [0.717, 1.165) is 10.8 Å². The summed E-state index contributed by atoms with van der Waals surface area (Å²) in [5.41, 5.74) is 1.22. The van der Waals surface area contributed by atoms with Crippen LogP contribution in [0.4, 0.5) is 5.69 Å². The van der Waals surface area contributed by atoms with E-state index in [9.17, 15) is 18.0 Å². The molecule has 7 nitrogen and oxygen atoms in total. The normalized spacial score (nSPS) is 14.9. The van der Waals surface area contributed by atoms with Gasteiger partial charge < -0.3 is 10.2 Å². The average molecular weight is 490 g/mol. The Morgan fingerprint density at radius 1 is 1.03 bits per heavy atom. The van der Waals surface area contributed by atoms with Crippen LogP contribution in [0.15, 0.2) is 71.6 Å². The van der Waals surface area contributed by atoms with Crippen LogP contribution >= 0.6 is 0 Å². The van der Waals surface area contributed by atoms with E-state index in [1.54, 1.807) is 49.5 Å². The van der Waals surface area contributed by atoms with Crippen molar-refractivity contribution in [2.45, 2.75) is 17.7 Å². The highest BCUT2D eigenvalue weighted by molar-refractivity contribution is 7.89. The smallest absolute Gasteiger partial charge is 0.243 e. The Bertz CT molecular complexity index is 1400. The molecule has 0 saturated carbocycles. The minimum Gasteiger partial charge on any atom is -0.336 e. The summed E-state index contributed by atoms with van der Waals surface area (Å²) >= 11 is 0. The molecule has 0 radical (unpaired) electrons. The van der Waals surface area contributed by atoms with Crippen LogP contribution in [0, 0.1) is 18.3 Å². The first-order chi connectivity index (χ1) is 16.8. The molecular formula is C27H27N3O4S. The van der Waals surface area contributed by atoms with Gasteiger partial charge in [-0.05, 0) is 53.9 Å². The number of terminal acetylenes is 1. The molecule has 1 heterocycles. The predicted molar refractivity (Wildman–Crippen MR) is 136 cm³/mol. The molecule has 180 valence electrons. The molecule has 0 atom stereocenters. The molecule has 0 aromatic heterocycles. The molecule has 0 spiro atoms. The summed E-state index contributed by atoms with van der Waals surface area (Å²) < 4.78 is 27.8. The second-order valence-corrected chi connectivity index (χ2v) is 10.6. The Hall–Kier alpha value is -3.67. The van der Waals surface area contributed by atoms with E-state index in [1.807, 2.05) is 24.3 Å². The molecule has 1 saturated heterocycles. The quantitative estimate of drug-likeness (QED) is 0.538. The van der Waals surface area contributed by atoms with Gasteiger partial charge in [0, 0.05) is 37.3 Å². The number of nitrogens with zero attached hydrogens (tertiary/aromatic N) is 2. The number of rotatable bonds is 6. The summed E-state index contributed by atoms with van der Waals surface area (Å²) in [5.74, 6) is 1.69. The molecule has 1 fully saturated rings. The Balaban J connectivity index is 1.33. The fraction of sp³-hybridized carbons (Fsp3) is 0.259. The number of fused-ring (bicyclic) bond motifs is 1. The molecule has 0 aliphatic carbocycles. The molecule has 0 bridgehead atoms. The van der Waals surface area contributed by atoms with E-state index in [1.165, 1.54) is 9.21 Å². The van der Waals surface area contributed by atoms with Gasteiger partial charge in [0.1, 0.15) is 0 Å². The summed E-state index contributed by atoms with van der Waals surface area (Å²) in [5, 5.41) is 4.59. The zero-order valence-corrected chi connectivity index (χ0v) is 20.3. The van der Waals surface area contributed by atoms with Crippen LogP contribution in [-0.4, -0.2) is 56.1 Å². The maximum Gasteiger partial charge on any atom is 0.243 e. The van der Waals surface area contributed by atoms with E-state index in [4.69, 9.17) is 6.42 Å². The van der Waals surface area contributed by atoms with Gasteiger partial charge in [0.05, 0.1) is 11.4 Å². The summed E-state index contributed by atoms with van der Waals surface area (Å²) in [6, 6.07) is 19.7. The Morgan fingerprint density at radius 2 is 1.74 bits per heavy atom. The maximum absolute atomic E-state index is 13.2. The SMILES string of the molecule is C#Cc1cccc(NC(=O)CN(C)C(=O)C2CCN(S(=O)(=O)c3ccc4ccccc4c3)CC2)c1. The van der Waals surface area contributed by atoms with Crippen molar-refractivity contribution in [3.05, 3.63) is 72.3 Å². The van der Waals surface area contributed by atoms with Crippen molar-refractivity contribution in [1.82, 2.24) is 9.21 Å². The molecule has 35 heavy (non-hydrogen) atoms. The third-order valence-electron chi connectivity index (χ3n) is 6.23. The molecule has 8 heteroatoms. The number of carbonyl (C=O) groups excluding carboxylic acids is 2. The predicted octanol–water partition coefficient (Wildman–Crippen LogP) is 3.32. The first-order valence-corrected chi connectivity index (χ1v) is 12.8.